The van der Waals surface area contributed by atoms with Crippen LogP contribution in [0.1, 0.15) is 29.0 Å². The second-order valence-corrected chi connectivity index (χ2v) is 8.35. The minimum Gasteiger partial charge on any atom is -0.449 e. The van der Waals surface area contributed by atoms with E-state index in [4.69, 9.17) is 4.74 Å². The maximum absolute atomic E-state index is 12.3. The third kappa shape index (κ3) is 5.72. The average Bonchev–Trinajstić information content (AvgIpc) is 3.11. The Morgan fingerprint density at radius 2 is 1.65 bits per heavy atom. The highest BCUT2D eigenvalue weighted by molar-refractivity contribution is 9.10. The van der Waals surface area contributed by atoms with E-state index in [1.807, 2.05) is 24.3 Å². The summed E-state index contributed by atoms with van der Waals surface area (Å²) in [6, 6.07) is 20.0. The van der Waals surface area contributed by atoms with Crippen molar-refractivity contribution in [3.63, 3.8) is 0 Å². The van der Waals surface area contributed by atoms with Gasteiger partial charge >= 0.3 is 12.5 Å². The largest absolute Gasteiger partial charge is 0.573 e. The van der Waals surface area contributed by atoms with Gasteiger partial charge in [0.2, 0.25) is 0 Å². The Bertz CT molecular complexity index is 1220. The molecule has 1 N–H and O–H groups in total. The summed E-state index contributed by atoms with van der Waals surface area (Å²) in [4.78, 5) is 12.2. The number of fused-ring (bicyclic) bond motifs is 3. The van der Waals surface area contributed by atoms with Crippen molar-refractivity contribution in [2.24, 2.45) is 0 Å². The number of carbonyl (C=O) groups is 1. The number of rotatable bonds is 5. The van der Waals surface area contributed by atoms with Crippen LogP contribution in [0.5, 0.6) is 5.75 Å². The number of nitrogens with one attached hydrogen (secondary N) is 1. The molecule has 1 aliphatic rings. The first-order valence-electron chi connectivity index (χ1n) is 10.4. The fourth-order valence-electron chi connectivity index (χ4n) is 3.83. The number of carbonyl (C=O) groups excluding carboxylic acids is 1. The highest BCUT2D eigenvalue weighted by Crippen LogP contribution is 2.44. The molecule has 0 saturated carbocycles. The van der Waals surface area contributed by atoms with Crippen molar-refractivity contribution in [1.29, 1.82) is 0 Å². The van der Waals surface area contributed by atoms with Crippen LogP contribution in [0.2, 0.25) is 0 Å². The van der Waals surface area contributed by atoms with Crippen LogP contribution >= 0.6 is 15.9 Å². The van der Waals surface area contributed by atoms with Gasteiger partial charge < -0.3 is 14.8 Å². The molecule has 1 amide bonds. The summed E-state index contributed by atoms with van der Waals surface area (Å²) < 4.78 is 46.6. The SMILES string of the molecule is O=C(NCCC#Cc1ccc(OC(F)(F)F)cc1Br)OCC1c2ccccc2-c2ccccc21. The molecule has 0 atom stereocenters. The average molecular weight is 530 g/mol. The summed E-state index contributed by atoms with van der Waals surface area (Å²) in [5, 5.41) is 2.67. The van der Waals surface area contributed by atoms with Crippen LogP contribution in [0, 0.1) is 11.8 Å². The van der Waals surface area contributed by atoms with Gasteiger partial charge in [-0.25, -0.2) is 4.79 Å². The zero-order valence-electron chi connectivity index (χ0n) is 17.8. The molecule has 0 fully saturated rings. The van der Waals surface area contributed by atoms with E-state index in [0.717, 1.165) is 22.3 Å². The first-order chi connectivity index (χ1) is 16.3. The zero-order chi connectivity index (χ0) is 24.1. The number of hydrogen-bond acceptors (Lipinski definition) is 3. The molecule has 4 nitrogen and oxygen atoms in total. The van der Waals surface area contributed by atoms with Crippen LogP contribution in [-0.4, -0.2) is 25.6 Å². The zero-order valence-corrected chi connectivity index (χ0v) is 19.4. The smallest absolute Gasteiger partial charge is 0.449 e. The molecule has 4 rings (SSSR count). The Morgan fingerprint density at radius 3 is 2.26 bits per heavy atom. The lowest BCUT2D eigenvalue weighted by Gasteiger charge is -2.14. The van der Waals surface area contributed by atoms with Crippen LogP contribution in [0.4, 0.5) is 18.0 Å². The third-order valence-electron chi connectivity index (χ3n) is 5.26. The van der Waals surface area contributed by atoms with Gasteiger partial charge in [0.05, 0.1) is 0 Å². The lowest BCUT2D eigenvalue weighted by atomic mass is 9.98. The third-order valence-corrected chi connectivity index (χ3v) is 5.92. The van der Waals surface area contributed by atoms with Crippen molar-refractivity contribution in [2.45, 2.75) is 18.7 Å². The van der Waals surface area contributed by atoms with E-state index in [0.29, 0.717) is 16.5 Å². The van der Waals surface area contributed by atoms with Crippen LogP contribution in [-0.2, 0) is 4.74 Å². The Morgan fingerprint density at radius 1 is 1.00 bits per heavy atom. The Hall–Kier alpha value is -3.44. The first kappa shape index (κ1) is 23.7. The fraction of sp³-hybridized carbons (Fsp3) is 0.192. The van der Waals surface area contributed by atoms with Crippen molar-refractivity contribution in [3.05, 3.63) is 87.9 Å². The van der Waals surface area contributed by atoms with Gasteiger partial charge in [-0.2, -0.15) is 0 Å². The highest BCUT2D eigenvalue weighted by Gasteiger charge is 2.31. The normalized spacial score (nSPS) is 12.2. The number of halogens is 4. The fourth-order valence-corrected chi connectivity index (χ4v) is 4.29. The van der Waals surface area contributed by atoms with Gasteiger partial charge in [-0.05, 0) is 56.4 Å². The summed E-state index contributed by atoms with van der Waals surface area (Å²) >= 11 is 3.18. The van der Waals surface area contributed by atoms with E-state index in [2.05, 4.69) is 62.1 Å². The van der Waals surface area contributed by atoms with Crippen molar-refractivity contribution in [3.8, 4) is 28.7 Å². The van der Waals surface area contributed by atoms with Crippen LogP contribution in [0.25, 0.3) is 11.1 Å². The summed E-state index contributed by atoms with van der Waals surface area (Å²) in [7, 11) is 0. The van der Waals surface area contributed by atoms with Gasteiger partial charge in [-0.1, -0.05) is 60.4 Å². The Balaban J connectivity index is 1.26. The number of alkyl halides is 3. The molecule has 0 radical (unpaired) electrons. The maximum atomic E-state index is 12.3. The molecule has 3 aromatic carbocycles. The Kier molecular flexibility index (Phi) is 7.13. The summed E-state index contributed by atoms with van der Waals surface area (Å²) in [6.45, 7) is 0.501. The van der Waals surface area contributed by atoms with Gasteiger partial charge in [0.15, 0.2) is 0 Å². The van der Waals surface area contributed by atoms with Crippen molar-refractivity contribution >= 4 is 22.0 Å². The number of alkyl carbamates (subject to hydrolysis) is 1. The van der Waals surface area contributed by atoms with Crippen LogP contribution in [0.3, 0.4) is 0 Å². The lowest BCUT2D eigenvalue weighted by Crippen LogP contribution is -2.26. The van der Waals surface area contributed by atoms with Gasteiger partial charge in [-0.3, -0.25) is 0 Å². The molecular weight excluding hydrogens is 511 g/mol. The molecule has 0 spiro atoms. The molecule has 0 saturated heterocycles. The number of amides is 1. The summed E-state index contributed by atoms with van der Waals surface area (Å²) in [6.07, 6.45) is -4.94. The number of hydrogen-bond donors (Lipinski definition) is 1. The monoisotopic (exact) mass is 529 g/mol. The van der Waals surface area contributed by atoms with E-state index in [9.17, 15) is 18.0 Å². The minimum atomic E-state index is -4.75. The molecule has 1 aliphatic carbocycles. The molecule has 0 aromatic heterocycles. The van der Waals surface area contributed by atoms with E-state index >= 15 is 0 Å². The molecule has 174 valence electrons. The molecule has 3 aromatic rings. The topological polar surface area (TPSA) is 47.6 Å². The van der Waals surface area contributed by atoms with Gasteiger partial charge in [0.25, 0.3) is 0 Å². The van der Waals surface area contributed by atoms with Crippen molar-refractivity contribution in [2.75, 3.05) is 13.2 Å². The number of benzene rings is 3. The maximum Gasteiger partial charge on any atom is 0.573 e. The summed E-state index contributed by atoms with van der Waals surface area (Å²) in [5.41, 5.74) is 5.10. The van der Waals surface area contributed by atoms with E-state index < -0.39 is 12.5 Å². The predicted molar refractivity (Wildman–Crippen MR) is 125 cm³/mol. The highest BCUT2D eigenvalue weighted by atomic mass is 79.9. The Labute approximate surface area is 203 Å². The molecule has 0 unspecified atom stereocenters. The molecular formula is C26H19BrF3NO3. The second kappa shape index (κ2) is 10.2. The standard InChI is InChI=1S/C26H19BrF3NO3/c27-24-15-18(34-26(28,29)30)13-12-17(24)7-5-6-14-31-25(32)33-16-23-21-10-3-1-8-19(21)20-9-2-4-11-22(20)23/h1-4,8-13,15,23H,6,14,16H2,(H,31,32). The molecule has 0 bridgehead atoms. The van der Waals surface area contributed by atoms with Gasteiger partial charge in [-0.15, -0.1) is 13.2 Å². The first-order valence-corrected chi connectivity index (χ1v) is 11.2. The predicted octanol–water partition coefficient (Wildman–Crippen LogP) is 6.63. The van der Waals surface area contributed by atoms with Gasteiger partial charge in [0.1, 0.15) is 12.4 Å². The summed E-state index contributed by atoms with van der Waals surface area (Å²) in [5.74, 6) is 5.38. The number of ether oxygens (including phenoxy) is 2. The van der Waals surface area contributed by atoms with E-state index in [-0.39, 0.29) is 24.8 Å². The molecule has 0 aliphatic heterocycles. The van der Waals surface area contributed by atoms with Gasteiger partial charge in [0, 0.05) is 28.9 Å². The molecule has 0 heterocycles. The van der Waals surface area contributed by atoms with Crippen LogP contribution in [0.15, 0.2) is 71.2 Å². The van der Waals surface area contributed by atoms with Crippen LogP contribution < -0.4 is 10.1 Å². The quantitative estimate of drug-likeness (QED) is 0.298. The lowest BCUT2D eigenvalue weighted by molar-refractivity contribution is -0.274. The van der Waals surface area contributed by atoms with E-state index in [1.54, 1.807) is 0 Å². The van der Waals surface area contributed by atoms with Crippen molar-refractivity contribution in [1.82, 2.24) is 5.32 Å². The minimum absolute atomic E-state index is 0.0143. The second-order valence-electron chi connectivity index (χ2n) is 7.49. The van der Waals surface area contributed by atoms with E-state index in [1.165, 1.54) is 18.2 Å². The molecule has 8 heteroatoms. The molecule has 34 heavy (non-hydrogen) atoms. The van der Waals surface area contributed by atoms with Crippen molar-refractivity contribution < 1.29 is 27.4 Å².